The van der Waals surface area contributed by atoms with Crippen LogP contribution >= 0.6 is 23.2 Å². The molecule has 1 aromatic heterocycles. The first-order valence-electron chi connectivity index (χ1n) is 7.67. The zero-order chi connectivity index (χ0) is 19.4. The molecule has 0 aliphatic carbocycles. The van der Waals surface area contributed by atoms with Crippen molar-refractivity contribution < 1.29 is 14.7 Å². The van der Waals surface area contributed by atoms with Crippen LogP contribution in [0.25, 0.3) is 10.9 Å². The van der Waals surface area contributed by atoms with Gasteiger partial charge in [-0.1, -0.05) is 23.2 Å². The van der Waals surface area contributed by atoms with Gasteiger partial charge < -0.3 is 14.8 Å². The number of hydroxylamine groups is 1. The van der Waals surface area contributed by atoms with Gasteiger partial charge in [0, 0.05) is 17.1 Å². The lowest BCUT2D eigenvalue weighted by Gasteiger charge is -2.14. The Morgan fingerprint density at radius 2 is 1.96 bits per heavy atom. The van der Waals surface area contributed by atoms with E-state index >= 15 is 0 Å². The average Bonchev–Trinajstić information content (AvgIpc) is 2.68. The molecule has 0 spiro atoms. The predicted molar refractivity (Wildman–Crippen MR) is 104 cm³/mol. The minimum atomic E-state index is -0.193. The fourth-order valence-corrected chi connectivity index (χ4v) is 2.63. The topological polar surface area (TPSA) is 112 Å². The number of benzene rings is 2. The van der Waals surface area contributed by atoms with Crippen LogP contribution in [0.15, 0.2) is 36.7 Å². The van der Waals surface area contributed by atoms with Crippen molar-refractivity contribution in [2.24, 2.45) is 0 Å². The van der Waals surface area contributed by atoms with Crippen molar-refractivity contribution >= 4 is 51.4 Å². The molecule has 0 aliphatic heterocycles. The molecule has 140 valence electrons. The second-order valence-electron chi connectivity index (χ2n) is 5.38. The number of halogens is 2. The van der Waals surface area contributed by atoms with Crippen molar-refractivity contribution in [3.8, 4) is 11.5 Å². The number of rotatable bonds is 6. The summed E-state index contributed by atoms with van der Waals surface area (Å²) in [6.45, 7) is -0.155. The highest BCUT2D eigenvalue weighted by atomic mass is 35.5. The van der Waals surface area contributed by atoms with Crippen LogP contribution < -0.4 is 20.3 Å². The van der Waals surface area contributed by atoms with Gasteiger partial charge >= 0.3 is 0 Å². The number of nitrogens with one attached hydrogen (secondary N) is 3. The van der Waals surface area contributed by atoms with Gasteiger partial charge in [-0.3, -0.25) is 16.1 Å². The summed E-state index contributed by atoms with van der Waals surface area (Å²) in [6, 6.07) is 8.55. The van der Waals surface area contributed by atoms with E-state index in [-0.39, 0.29) is 12.4 Å². The second-order valence-corrected chi connectivity index (χ2v) is 6.19. The molecular formula is C17H15Cl2N5O3. The number of fused-ring (bicyclic) bond motifs is 1. The Hall–Kier alpha value is -2.81. The molecule has 0 amide bonds. The molecule has 0 saturated carbocycles. The summed E-state index contributed by atoms with van der Waals surface area (Å²) in [5.41, 5.74) is 3.03. The summed E-state index contributed by atoms with van der Waals surface area (Å²) in [5.74, 6) is 1.17. The first-order valence-corrected chi connectivity index (χ1v) is 8.42. The van der Waals surface area contributed by atoms with E-state index in [4.69, 9.17) is 43.3 Å². The van der Waals surface area contributed by atoms with E-state index < -0.39 is 0 Å². The minimum Gasteiger partial charge on any atom is -0.493 e. The van der Waals surface area contributed by atoms with Crippen LogP contribution in [-0.4, -0.2) is 34.7 Å². The molecule has 27 heavy (non-hydrogen) atoms. The van der Waals surface area contributed by atoms with Crippen molar-refractivity contribution in [1.82, 2.24) is 15.4 Å². The number of ether oxygens (including phenoxy) is 2. The molecule has 0 fully saturated rings. The Morgan fingerprint density at radius 3 is 2.67 bits per heavy atom. The molecule has 3 rings (SSSR count). The largest absolute Gasteiger partial charge is 0.493 e. The molecule has 3 aromatic rings. The van der Waals surface area contributed by atoms with Gasteiger partial charge in [-0.2, -0.15) is 0 Å². The summed E-state index contributed by atoms with van der Waals surface area (Å²) in [7, 11) is 1.50. The lowest BCUT2D eigenvalue weighted by atomic mass is 10.2. The highest BCUT2D eigenvalue weighted by molar-refractivity contribution is 6.42. The number of methoxy groups -OCH3 is 1. The number of amidine groups is 1. The Labute approximate surface area is 164 Å². The molecule has 0 aliphatic rings. The molecule has 2 aromatic carbocycles. The van der Waals surface area contributed by atoms with Gasteiger partial charge in [0.15, 0.2) is 17.3 Å². The Kier molecular flexibility index (Phi) is 5.80. The maximum Gasteiger partial charge on any atom is 0.164 e. The summed E-state index contributed by atoms with van der Waals surface area (Å²) in [5, 5.41) is 20.8. The van der Waals surface area contributed by atoms with Crippen LogP contribution in [0.5, 0.6) is 11.5 Å². The van der Waals surface area contributed by atoms with E-state index in [0.29, 0.717) is 44.0 Å². The predicted octanol–water partition coefficient (Wildman–Crippen LogP) is 4.02. The van der Waals surface area contributed by atoms with Crippen LogP contribution in [0.2, 0.25) is 10.0 Å². The molecule has 0 atom stereocenters. The molecule has 4 N–H and O–H groups in total. The highest BCUT2D eigenvalue weighted by Crippen LogP contribution is 2.35. The van der Waals surface area contributed by atoms with Gasteiger partial charge in [-0.25, -0.2) is 9.97 Å². The highest BCUT2D eigenvalue weighted by Gasteiger charge is 2.13. The SMILES string of the molecule is COc1cc2c(Nc3ccc(Cl)c(Cl)c3)ncnc2cc1OCC(=N)NO. The number of nitrogens with zero attached hydrogens (tertiary/aromatic N) is 2. The third-order valence-corrected chi connectivity index (χ3v) is 4.35. The van der Waals surface area contributed by atoms with E-state index in [1.165, 1.54) is 13.4 Å². The van der Waals surface area contributed by atoms with E-state index in [1.807, 2.05) is 0 Å². The Bertz CT molecular complexity index is 1000. The van der Waals surface area contributed by atoms with Gasteiger partial charge in [0.05, 0.1) is 22.7 Å². The monoisotopic (exact) mass is 407 g/mol. The van der Waals surface area contributed by atoms with Gasteiger partial charge in [0.1, 0.15) is 18.8 Å². The number of aromatic nitrogens is 2. The zero-order valence-corrected chi connectivity index (χ0v) is 15.6. The lowest BCUT2D eigenvalue weighted by molar-refractivity contribution is 0.221. The quantitative estimate of drug-likeness (QED) is 0.277. The maximum absolute atomic E-state index is 8.69. The first kappa shape index (κ1) is 19.0. The molecule has 1 heterocycles. The molecule has 0 bridgehead atoms. The van der Waals surface area contributed by atoms with Gasteiger partial charge in [0.2, 0.25) is 0 Å². The fourth-order valence-electron chi connectivity index (χ4n) is 2.33. The summed E-state index contributed by atoms with van der Waals surface area (Å²) in [4.78, 5) is 8.52. The second kappa shape index (κ2) is 8.26. The van der Waals surface area contributed by atoms with Crippen molar-refractivity contribution in [2.75, 3.05) is 19.0 Å². The molecule has 0 unspecified atom stereocenters. The molecule has 10 heteroatoms. The van der Waals surface area contributed by atoms with Crippen LogP contribution in [-0.2, 0) is 0 Å². The van der Waals surface area contributed by atoms with E-state index in [9.17, 15) is 0 Å². The number of anilines is 2. The molecule has 8 nitrogen and oxygen atoms in total. The van der Waals surface area contributed by atoms with Gasteiger partial charge in [0.25, 0.3) is 0 Å². The minimum absolute atomic E-state index is 0.155. The summed E-state index contributed by atoms with van der Waals surface area (Å²) >= 11 is 12.0. The lowest BCUT2D eigenvalue weighted by Crippen LogP contribution is -2.24. The fraction of sp³-hybridized carbons (Fsp3) is 0.118. The molecule has 0 radical (unpaired) electrons. The third-order valence-electron chi connectivity index (χ3n) is 3.61. The number of hydrogen-bond acceptors (Lipinski definition) is 7. The van der Waals surface area contributed by atoms with Crippen LogP contribution in [0.3, 0.4) is 0 Å². The van der Waals surface area contributed by atoms with Gasteiger partial charge in [-0.15, -0.1) is 0 Å². The summed E-state index contributed by atoms with van der Waals surface area (Å²) in [6.07, 6.45) is 1.41. The smallest absolute Gasteiger partial charge is 0.164 e. The first-order chi connectivity index (χ1) is 13.0. The van der Waals surface area contributed by atoms with Crippen molar-refractivity contribution in [3.05, 3.63) is 46.7 Å². The average molecular weight is 408 g/mol. The third kappa shape index (κ3) is 4.30. The van der Waals surface area contributed by atoms with E-state index in [2.05, 4.69) is 15.3 Å². The standard InChI is InChI=1S/C17H15Cl2N5O3/c1-26-14-5-10-13(6-15(14)27-7-16(20)24-25)21-8-22-17(10)23-9-2-3-11(18)12(19)4-9/h2-6,8,25H,7H2,1H3,(H2,20,24)(H,21,22,23). The van der Waals surface area contributed by atoms with Crippen LogP contribution in [0.4, 0.5) is 11.5 Å². The van der Waals surface area contributed by atoms with E-state index in [0.717, 1.165) is 0 Å². The maximum atomic E-state index is 8.69. The molecular weight excluding hydrogens is 393 g/mol. The van der Waals surface area contributed by atoms with Gasteiger partial charge in [-0.05, 0) is 24.3 Å². The zero-order valence-electron chi connectivity index (χ0n) is 14.1. The summed E-state index contributed by atoms with van der Waals surface area (Å²) < 4.78 is 10.9. The number of hydrogen-bond donors (Lipinski definition) is 4. The molecule has 0 saturated heterocycles. The Balaban J connectivity index is 1.97. The van der Waals surface area contributed by atoms with E-state index in [1.54, 1.807) is 35.8 Å². The van der Waals surface area contributed by atoms with Crippen LogP contribution in [0, 0.1) is 5.41 Å². The Morgan fingerprint density at radius 1 is 1.15 bits per heavy atom. The van der Waals surface area contributed by atoms with Crippen molar-refractivity contribution in [2.45, 2.75) is 0 Å². The van der Waals surface area contributed by atoms with Crippen LogP contribution in [0.1, 0.15) is 0 Å². The normalized spacial score (nSPS) is 10.5. The van der Waals surface area contributed by atoms with Crippen molar-refractivity contribution in [3.63, 3.8) is 0 Å². The van der Waals surface area contributed by atoms with Crippen molar-refractivity contribution in [1.29, 1.82) is 5.41 Å².